The van der Waals surface area contributed by atoms with Crippen LogP contribution in [0.3, 0.4) is 0 Å². The van der Waals surface area contributed by atoms with E-state index in [4.69, 9.17) is 4.98 Å². The lowest BCUT2D eigenvalue weighted by molar-refractivity contribution is -0.114. The van der Waals surface area contributed by atoms with E-state index >= 15 is 0 Å². The fourth-order valence-corrected chi connectivity index (χ4v) is 4.46. The third kappa shape index (κ3) is 5.26. The Morgan fingerprint density at radius 2 is 1.91 bits per heavy atom. The van der Waals surface area contributed by atoms with Crippen LogP contribution >= 0.6 is 11.8 Å². The highest BCUT2D eigenvalue weighted by Crippen LogP contribution is 2.37. The van der Waals surface area contributed by atoms with Gasteiger partial charge in [0.2, 0.25) is 5.91 Å². The highest BCUT2D eigenvalue weighted by atomic mass is 32.2. The maximum absolute atomic E-state index is 11.4. The molecule has 5 nitrogen and oxygen atoms in total. The molecule has 0 aliphatic rings. The van der Waals surface area contributed by atoms with E-state index in [2.05, 4.69) is 59.8 Å². The molecule has 1 amide bonds. The van der Waals surface area contributed by atoms with E-state index in [1.165, 1.54) is 12.5 Å². The van der Waals surface area contributed by atoms with Crippen molar-refractivity contribution in [1.29, 1.82) is 0 Å². The van der Waals surface area contributed by atoms with Gasteiger partial charge < -0.3 is 10.6 Å². The summed E-state index contributed by atoms with van der Waals surface area (Å²) in [7, 11) is 0. The predicted octanol–water partition coefficient (Wildman–Crippen LogP) is 6.74. The number of amides is 1. The number of hydrogen-bond acceptors (Lipinski definition) is 5. The average Bonchev–Trinajstić information content (AvgIpc) is 2.76. The van der Waals surface area contributed by atoms with Crippen LogP contribution in [0.1, 0.15) is 31.5 Å². The molecule has 2 heterocycles. The Kier molecular flexibility index (Phi) is 6.71. The van der Waals surface area contributed by atoms with Gasteiger partial charge in [-0.3, -0.25) is 4.79 Å². The van der Waals surface area contributed by atoms with Gasteiger partial charge in [0.15, 0.2) is 5.65 Å². The first-order valence-electron chi connectivity index (χ1n) is 10.7. The number of nitrogens with zero attached hydrogens (tertiary/aromatic N) is 2. The fraction of sp³-hybridized carbons (Fsp3) is 0.192. The van der Waals surface area contributed by atoms with Crippen molar-refractivity contribution in [3.05, 3.63) is 78.1 Å². The Hall–Kier alpha value is -3.38. The van der Waals surface area contributed by atoms with Gasteiger partial charge in [0.1, 0.15) is 0 Å². The van der Waals surface area contributed by atoms with E-state index in [9.17, 15) is 4.79 Å². The summed E-state index contributed by atoms with van der Waals surface area (Å²) in [6, 6.07) is 20.4. The molecule has 0 aliphatic carbocycles. The molecule has 2 aromatic carbocycles. The smallest absolute Gasteiger partial charge is 0.221 e. The normalized spacial score (nSPS) is 10.8. The van der Waals surface area contributed by atoms with Crippen molar-refractivity contribution in [2.75, 3.05) is 10.6 Å². The molecular weight excluding hydrogens is 416 g/mol. The van der Waals surface area contributed by atoms with Crippen LogP contribution in [-0.4, -0.2) is 15.9 Å². The molecule has 6 heteroatoms. The standard InChI is InChI=1S/C26H26N4OS/c1-4-6-19-10-11-22-23(13-14-27-26(22)29-19)30-24-15-17(2)9-12-25(24)32-21-8-5-7-20(16-21)28-18(3)31/h5,7-16H,4,6H2,1-3H3,(H,28,31)(H,27,29,30). The zero-order chi connectivity index (χ0) is 22.5. The molecule has 162 valence electrons. The summed E-state index contributed by atoms with van der Waals surface area (Å²) in [5.74, 6) is -0.0786. The van der Waals surface area contributed by atoms with Crippen LogP contribution in [-0.2, 0) is 11.2 Å². The zero-order valence-electron chi connectivity index (χ0n) is 18.5. The van der Waals surface area contributed by atoms with Gasteiger partial charge in [0, 0.05) is 39.7 Å². The number of fused-ring (bicyclic) bond motifs is 1. The molecule has 0 saturated heterocycles. The minimum Gasteiger partial charge on any atom is -0.354 e. The van der Waals surface area contributed by atoms with E-state index in [0.29, 0.717) is 0 Å². The fourth-order valence-electron chi connectivity index (χ4n) is 3.52. The van der Waals surface area contributed by atoms with E-state index < -0.39 is 0 Å². The average molecular weight is 443 g/mol. The van der Waals surface area contributed by atoms with Crippen molar-refractivity contribution in [2.24, 2.45) is 0 Å². The predicted molar refractivity (Wildman–Crippen MR) is 133 cm³/mol. The third-order valence-corrected chi connectivity index (χ3v) is 6.02. The minimum atomic E-state index is -0.0786. The van der Waals surface area contributed by atoms with E-state index in [1.54, 1.807) is 18.0 Å². The van der Waals surface area contributed by atoms with Gasteiger partial charge in [-0.15, -0.1) is 0 Å². The molecule has 2 aromatic heterocycles. The van der Waals surface area contributed by atoms with Crippen molar-refractivity contribution < 1.29 is 4.79 Å². The first-order valence-corrected chi connectivity index (χ1v) is 11.5. The number of aromatic nitrogens is 2. The maximum atomic E-state index is 11.4. The molecule has 0 atom stereocenters. The largest absolute Gasteiger partial charge is 0.354 e. The molecule has 0 unspecified atom stereocenters. The molecule has 4 aromatic rings. The van der Waals surface area contributed by atoms with Crippen LogP contribution in [0.5, 0.6) is 0 Å². The van der Waals surface area contributed by atoms with Gasteiger partial charge in [-0.2, -0.15) is 0 Å². The Labute approximate surface area is 192 Å². The van der Waals surface area contributed by atoms with Crippen molar-refractivity contribution in [3.63, 3.8) is 0 Å². The van der Waals surface area contributed by atoms with Gasteiger partial charge in [-0.25, -0.2) is 9.97 Å². The number of anilines is 3. The molecule has 0 radical (unpaired) electrons. The van der Waals surface area contributed by atoms with Crippen molar-refractivity contribution in [2.45, 2.75) is 43.4 Å². The lowest BCUT2D eigenvalue weighted by Crippen LogP contribution is -2.05. The summed E-state index contributed by atoms with van der Waals surface area (Å²) in [6.45, 7) is 5.75. The Bertz CT molecular complexity index is 1270. The van der Waals surface area contributed by atoms with E-state index in [1.807, 2.05) is 30.3 Å². The van der Waals surface area contributed by atoms with Gasteiger partial charge in [-0.1, -0.05) is 37.2 Å². The van der Waals surface area contributed by atoms with Crippen LogP contribution in [0.15, 0.2) is 76.7 Å². The SMILES string of the molecule is CCCc1ccc2c(Nc3cc(C)ccc3Sc3cccc(NC(C)=O)c3)ccnc2n1. The van der Waals surface area contributed by atoms with Crippen LogP contribution in [0, 0.1) is 6.92 Å². The summed E-state index contributed by atoms with van der Waals surface area (Å²) in [6.07, 6.45) is 3.81. The van der Waals surface area contributed by atoms with Gasteiger partial charge in [0.25, 0.3) is 0 Å². The van der Waals surface area contributed by atoms with E-state index in [0.717, 1.165) is 56.4 Å². The highest BCUT2D eigenvalue weighted by molar-refractivity contribution is 7.99. The molecular formula is C26H26N4OS. The molecule has 0 saturated carbocycles. The number of aryl methyl sites for hydroxylation is 2. The van der Waals surface area contributed by atoms with Crippen molar-refractivity contribution >= 4 is 45.8 Å². The second-order valence-corrected chi connectivity index (χ2v) is 8.83. The molecule has 32 heavy (non-hydrogen) atoms. The number of nitrogens with one attached hydrogen (secondary N) is 2. The number of pyridine rings is 2. The number of carbonyl (C=O) groups is 1. The Morgan fingerprint density at radius 3 is 2.72 bits per heavy atom. The lowest BCUT2D eigenvalue weighted by Gasteiger charge is -2.15. The van der Waals surface area contributed by atoms with Gasteiger partial charge in [0.05, 0.1) is 11.4 Å². The molecule has 0 spiro atoms. The summed E-state index contributed by atoms with van der Waals surface area (Å²) in [5.41, 5.74) is 5.78. The van der Waals surface area contributed by atoms with Crippen molar-refractivity contribution in [3.8, 4) is 0 Å². The van der Waals surface area contributed by atoms with Crippen LogP contribution < -0.4 is 10.6 Å². The molecule has 0 bridgehead atoms. The number of hydrogen-bond donors (Lipinski definition) is 2. The number of benzene rings is 2. The molecule has 2 N–H and O–H groups in total. The summed E-state index contributed by atoms with van der Waals surface area (Å²) in [4.78, 5) is 22.7. The third-order valence-electron chi connectivity index (χ3n) is 4.95. The Balaban J connectivity index is 1.65. The molecule has 4 rings (SSSR count). The van der Waals surface area contributed by atoms with Gasteiger partial charge in [-0.05, 0) is 67.4 Å². The first-order chi connectivity index (χ1) is 15.5. The molecule has 0 fully saturated rings. The van der Waals surface area contributed by atoms with Gasteiger partial charge >= 0.3 is 0 Å². The quantitative estimate of drug-likeness (QED) is 0.332. The van der Waals surface area contributed by atoms with E-state index in [-0.39, 0.29) is 5.91 Å². The zero-order valence-corrected chi connectivity index (χ0v) is 19.3. The number of rotatable bonds is 7. The summed E-state index contributed by atoms with van der Waals surface area (Å²) < 4.78 is 0. The monoisotopic (exact) mass is 442 g/mol. The minimum absolute atomic E-state index is 0.0786. The second-order valence-electron chi connectivity index (χ2n) is 7.72. The summed E-state index contributed by atoms with van der Waals surface area (Å²) in [5, 5.41) is 7.45. The second kappa shape index (κ2) is 9.83. The summed E-state index contributed by atoms with van der Waals surface area (Å²) >= 11 is 1.65. The van der Waals surface area contributed by atoms with Crippen molar-refractivity contribution in [1.82, 2.24) is 9.97 Å². The first kappa shape index (κ1) is 21.8. The topological polar surface area (TPSA) is 66.9 Å². The highest BCUT2D eigenvalue weighted by Gasteiger charge is 2.10. The number of carbonyl (C=O) groups excluding carboxylic acids is 1. The maximum Gasteiger partial charge on any atom is 0.221 e. The van der Waals surface area contributed by atoms with Crippen LogP contribution in [0.2, 0.25) is 0 Å². The lowest BCUT2D eigenvalue weighted by atomic mass is 10.1. The Morgan fingerprint density at radius 1 is 1.03 bits per heavy atom. The molecule has 0 aliphatic heterocycles. The van der Waals surface area contributed by atoms with Crippen LogP contribution in [0.4, 0.5) is 17.1 Å². The van der Waals surface area contributed by atoms with Crippen LogP contribution in [0.25, 0.3) is 11.0 Å².